The Kier molecular flexibility index (Phi) is 4.88. The van der Waals surface area contributed by atoms with Crippen molar-refractivity contribution in [2.24, 2.45) is 0 Å². The smallest absolute Gasteiger partial charge is 0.187 e. The number of methoxy groups -OCH3 is 1. The highest BCUT2D eigenvalue weighted by atomic mass is 16.5. The van der Waals surface area contributed by atoms with Crippen molar-refractivity contribution in [3.63, 3.8) is 0 Å². The van der Waals surface area contributed by atoms with Crippen molar-refractivity contribution in [3.8, 4) is 0 Å². The average molecular weight is 196 g/mol. The highest BCUT2D eigenvalue weighted by Gasteiger charge is 2.21. The Labute approximate surface area is 86.3 Å². The van der Waals surface area contributed by atoms with Crippen molar-refractivity contribution < 1.29 is 9.53 Å². The Morgan fingerprint density at radius 1 is 1.57 bits per heavy atom. The van der Waals surface area contributed by atoms with Gasteiger partial charge in [-0.3, -0.25) is 4.79 Å². The zero-order chi connectivity index (χ0) is 10.4. The number of hydrogen-bond donors (Lipinski definition) is 0. The zero-order valence-electron chi connectivity index (χ0n) is 9.21. The number of carbonyl (C=O) groups excluding carboxylic acids is 1. The van der Waals surface area contributed by atoms with Gasteiger partial charge in [0.1, 0.15) is 6.10 Å². The summed E-state index contributed by atoms with van der Waals surface area (Å²) in [6.45, 7) is 2.08. The third-order valence-electron chi connectivity index (χ3n) is 2.74. The maximum atomic E-state index is 11.9. The number of allylic oxidation sites excluding steroid dienone is 1. The highest BCUT2D eigenvalue weighted by Crippen LogP contribution is 2.21. The Balaban J connectivity index is 2.56. The normalized spacial score (nSPS) is 18.9. The van der Waals surface area contributed by atoms with Gasteiger partial charge in [0, 0.05) is 7.11 Å². The highest BCUT2D eigenvalue weighted by molar-refractivity contribution is 5.98. The Hall–Kier alpha value is -0.630. The summed E-state index contributed by atoms with van der Waals surface area (Å²) < 4.78 is 5.22. The fraction of sp³-hybridized carbons (Fsp3) is 0.750. The average Bonchev–Trinajstić information content (AvgIpc) is 2.26. The minimum atomic E-state index is -0.204. The summed E-state index contributed by atoms with van der Waals surface area (Å²) in [7, 11) is 1.63. The number of ketones is 1. The third kappa shape index (κ3) is 2.95. The molecule has 0 aromatic rings. The Morgan fingerprint density at radius 2 is 2.36 bits per heavy atom. The summed E-state index contributed by atoms with van der Waals surface area (Å²) in [4.78, 5) is 11.9. The topological polar surface area (TPSA) is 26.3 Å². The molecule has 0 fully saturated rings. The fourth-order valence-corrected chi connectivity index (χ4v) is 1.89. The fourth-order valence-electron chi connectivity index (χ4n) is 1.89. The summed E-state index contributed by atoms with van der Waals surface area (Å²) in [5.41, 5.74) is 0.997. The van der Waals surface area contributed by atoms with E-state index in [2.05, 4.69) is 13.0 Å². The summed E-state index contributed by atoms with van der Waals surface area (Å²) in [6, 6.07) is 0. The van der Waals surface area contributed by atoms with Crippen LogP contribution in [0.15, 0.2) is 11.6 Å². The van der Waals surface area contributed by atoms with Gasteiger partial charge in [-0.2, -0.15) is 0 Å². The molecular weight excluding hydrogens is 176 g/mol. The summed E-state index contributed by atoms with van der Waals surface area (Å²) in [5, 5.41) is 0. The lowest BCUT2D eigenvalue weighted by atomic mass is 9.93. The van der Waals surface area contributed by atoms with E-state index < -0.39 is 0 Å². The molecule has 1 unspecified atom stereocenters. The molecule has 0 bridgehead atoms. The number of carbonyl (C=O) groups is 1. The van der Waals surface area contributed by atoms with Gasteiger partial charge in [0.2, 0.25) is 0 Å². The van der Waals surface area contributed by atoms with Crippen molar-refractivity contribution in [2.45, 2.75) is 51.6 Å². The van der Waals surface area contributed by atoms with Crippen LogP contribution in [0.3, 0.4) is 0 Å². The second kappa shape index (κ2) is 5.97. The van der Waals surface area contributed by atoms with Crippen molar-refractivity contribution in [1.29, 1.82) is 0 Å². The predicted molar refractivity (Wildman–Crippen MR) is 57.3 cm³/mol. The molecule has 0 heterocycles. The summed E-state index contributed by atoms with van der Waals surface area (Å²) in [6.07, 6.45) is 8.11. The van der Waals surface area contributed by atoms with Gasteiger partial charge in [-0.25, -0.2) is 0 Å². The van der Waals surface area contributed by atoms with Crippen LogP contribution < -0.4 is 0 Å². The minimum Gasteiger partial charge on any atom is -0.373 e. The lowest BCUT2D eigenvalue weighted by Gasteiger charge is -2.17. The number of hydrogen-bond acceptors (Lipinski definition) is 2. The first-order valence-electron chi connectivity index (χ1n) is 5.55. The van der Waals surface area contributed by atoms with Gasteiger partial charge in [0.05, 0.1) is 0 Å². The van der Waals surface area contributed by atoms with E-state index in [4.69, 9.17) is 4.74 Å². The second-order valence-corrected chi connectivity index (χ2v) is 3.85. The minimum absolute atomic E-state index is 0.204. The molecule has 0 saturated heterocycles. The standard InChI is InChI=1S/C12H20O2/c1-3-7-11(14-2)12(13)10-8-5-4-6-9-10/h8,11H,3-7,9H2,1-2H3. The first kappa shape index (κ1) is 11.4. The van der Waals surface area contributed by atoms with E-state index >= 15 is 0 Å². The van der Waals surface area contributed by atoms with Crippen LogP contribution in [0.1, 0.15) is 45.4 Å². The quantitative estimate of drug-likeness (QED) is 0.676. The Bertz CT molecular complexity index is 218. The van der Waals surface area contributed by atoms with E-state index in [9.17, 15) is 4.79 Å². The van der Waals surface area contributed by atoms with Crippen LogP contribution in [0, 0.1) is 0 Å². The van der Waals surface area contributed by atoms with E-state index in [0.29, 0.717) is 0 Å². The molecule has 0 N–H and O–H groups in total. The Morgan fingerprint density at radius 3 is 2.86 bits per heavy atom. The molecule has 2 nitrogen and oxygen atoms in total. The van der Waals surface area contributed by atoms with Crippen molar-refractivity contribution in [1.82, 2.24) is 0 Å². The van der Waals surface area contributed by atoms with Crippen LogP contribution in [0.25, 0.3) is 0 Å². The summed E-state index contributed by atoms with van der Waals surface area (Å²) in [5.74, 6) is 0.217. The number of ether oxygens (including phenoxy) is 1. The van der Waals surface area contributed by atoms with Gasteiger partial charge in [-0.1, -0.05) is 19.4 Å². The molecule has 0 aromatic carbocycles. The van der Waals surface area contributed by atoms with E-state index in [-0.39, 0.29) is 11.9 Å². The molecular formula is C12H20O2. The van der Waals surface area contributed by atoms with Gasteiger partial charge < -0.3 is 4.74 Å². The van der Waals surface area contributed by atoms with Crippen molar-refractivity contribution in [2.75, 3.05) is 7.11 Å². The first-order valence-corrected chi connectivity index (χ1v) is 5.55. The zero-order valence-corrected chi connectivity index (χ0v) is 9.21. The van der Waals surface area contributed by atoms with Crippen LogP contribution in [0.5, 0.6) is 0 Å². The van der Waals surface area contributed by atoms with Gasteiger partial charge >= 0.3 is 0 Å². The first-order chi connectivity index (χ1) is 6.79. The lowest BCUT2D eigenvalue weighted by Crippen LogP contribution is -2.25. The molecule has 1 atom stereocenters. The molecule has 0 aliphatic heterocycles. The van der Waals surface area contributed by atoms with Crippen molar-refractivity contribution in [3.05, 3.63) is 11.6 Å². The molecule has 0 radical (unpaired) electrons. The predicted octanol–water partition coefficient (Wildman–Crippen LogP) is 2.87. The molecule has 0 amide bonds. The monoisotopic (exact) mass is 196 g/mol. The maximum Gasteiger partial charge on any atom is 0.187 e. The SMILES string of the molecule is CCCC(OC)C(=O)C1=CCCCC1. The van der Waals surface area contributed by atoms with Crippen LogP contribution in [0.2, 0.25) is 0 Å². The van der Waals surface area contributed by atoms with E-state index in [1.54, 1.807) is 7.11 Å². The number of rotatable bonds is 5. The molecule has 1 rings (SSSR count). The summed E-state index contributed by atoms with van der Waals surface area (Å²) >= 11 is 0. The lowest BCUT2D eigenvalue weighted by molar-refractivity contribution is -0.125. The van der Waals surface area contributed by atoms with Gasteiger partial charge in [0.15, 0.2) is 5.78 Å². The molecule has 1 aliphatic carbocycles. The van der Waals surface area contributed by atoms with Crippen LogP contribution in [-0.2, 0) is 9.53 Å². The van der Waals surface area contributed by atoms with Crippen LogP contribution in [0.4, 0.5) is 0 Å². The second-order valence-electron chi connectivity index (χ2n) is 3.85. The van der Waals surface area contributed by atoms with E-state index in [1.165, 1.54) is 6.42 Å². The number of Topliss-reactive ketones (excluding diaryl/α,β-unsaturated/α-hetero) is 1. The maximum absolute atomic E-state index is 11.9. The van der Waals surface area contributed by atoms with E-state index in [0.717, 1.165) is 37.7 Å². The molecule has 2 heteroatoms. The molecule has 80 valence electrons. The van der Waals surface area contributed by atoms with Crippen molar-refractivity contribution >= 4 is 5.78 Å². The van der Waals surface area contributed by atoms with Crippen LogP contribution >= 0.6 is 0 Å². The van der Waals surface area contributed by atoms with Crippen LogP contribution in [-0.4, -0.2) is 19.0 Å². The molecule has 0 saturated carbocycles. The van der Waals surface area contributed by atoms with Gasteiger partial charge in [0.25, 0.3) is 0 Å². The van der Waals surface area contributed by atoms with Gasteiger partial charge in [-0.15, -0.1) is 0 Å². The third-order valence-corrected chi connectivity index (χ3v) is 2.74. The molecule has 0 spiro atoms. The van der Waals surface area contributed by atoms with Gasteiger partial charge in [-0.05, 0) is 37.7 Å². The molecule has 14 heavy (non-hydrogen) atoms. The van der Waals surface area contributed by atoms with E-state index in [1.807, 2.05) is 0 Å². The largest absolute Gasteiger partial charge is 0.373 e. The molecule has 0 aromatic heterocycles. The molecule has 1 aliphatic rings.